The number of urea groups is 1. The molecular weight excluding hydrogens is 319 g/mol. The van der Waals surface area contributed by atoms with Crippen LogP contribution < -0.4 is 10.2 Å². The van der Waals surface area contributed by atoms with E-state index in [0.29, 0.717) is 16.9 Å². The first-order valence-electron chi connectivity index (χ1n) is 5.44. The van der Waals surface area contributed by atoms with Crippen LogP contribution in [0, 0.1) is 19.6 Å². The van der Waals surface area contributed by atoms with Crippen LogP contribution in [-0.4, -0.2) is 17.5 Å². The van der Waals surface area contributed by atoms with Gasteiger partial charge >= 0.3 is 6.03 Å². The molecule has 1 fully saturated rings. The first kappa shape index (κ1) is 15.8. The first-order valence-corrected chi connectivity index (χ1v) is 5.44. The molecule has 0 spiro atoms. The maximum atomic E-state index is 12.1. The van der Waals surface area contributed by atoms with Crippen LogP contribution in [0.25, 0.3) is 4.85 Å². The summed E-state index contributed by atoms with van der Waals surface area (Å²) < 4.78 is 0. The Kier molecular flexibility index (Phi) is 4.49. The number of benzene rings is 1. The minimum absolute atomic E-state index is 0. The zero-order chi connectivity index (χ0) is 13.5. The maximum Gasteiger partial charge on any atom is 0.327 e. The summed E-state index contributed by atoms with van der Waals surface area (Å²) in [5, 5.41) is 2.60. The molecule has 0 unspecified atom stereocenters. The summed E-state index contributed by atoms with van der Waals surface area (Å²) in [6, 6.07) is 5.57. The molecule has 95 valence electrons. The van der Waals surface area contributed by atoms with Crippen molar-refractivity contribution in [2.24, 2.45) is 0 Å². The van der Waals surface area contributed by atoms with Gasteiger partial charge in [0.25, 0.3) is 5.91 Å². The average molecular weight is 331 g/mol. The summed E-state index contributed by atoms with van der Waals surface area (Å²) in [6.45, 7) is 12.0. The third-order valence-electron chi connectivity index (χ3n) is 2.82. The number of carbonyl (C=O) groups excluding carboxylic acids is 2. The van der Waals surface area contributed by atoms with Crippen LogP contribution in [0.1, 0.15) is 19.4 Å². The zero-order valence-electron chi connectivity index (χ0n) is 10.9. The number of imide groups is 1. The molecule has 3 amide bonds. The fourth-order valence-electron chi connectivity index (χ4n) is 1.80. The Hall–Kier alpha value is -1.25. The third kappa shape index (κ3) is 2.70. The van der Waals surface area contributed by atoms with E-state index in [2.05, 4.69) is 16.2 Å². The van der Waals surface area contributed by atoms with E-state index >= 15 is 0 Å². The molecule has 1 saturated heterocycles. The van der Waals surface area contributed by atoms with Gasteiger partial charge < -0.3 is 5.32 Å². The van der Waals surface area contributed by atoms with E-state index in [4.69, 9.17) is 6.57 Å². The van der Waals surface area contributed by atoms with E-state index in [-0.39, 0.29) is 38.6 Å². The van der Waals surface area contributed by atoms with E-state index in [0.717, 1.165) is 4.90 Å². The summed E-state index contributed by atoms with van der Waals surface area (Å²) in [6.07, 6.45) is 0. The molecule has 0 saturated carbocycles. The van der Waals surface area contributed by atoms with E-state index in [9.17, 15) is 9.59 Å². The van der Waals surface area contributed by atoms with Crippen molar-refractivity contribution < 1.29 is 42.3 Å². The van der Waals surface area contributed by atoms with Crippen molar-refractivity contribution in [1.29, 1.82) is 0 Å². The van der Waals surface area contributed by atoms with Crippen LogP contribution in [0.4, 0.5) is 16.2 Å². The standard InChI is InChI=1S/C13H12N3O2.Y/c1-8-7-9(5-6-10(8)14-4)16-11(17)13(2,3)15-12(16)18;/h5-6H,1-3H3,(H,15,18);/q-1;. The molecule has 0 bridgehead atoms. The molecule has 19 heavy (non-hydrogen) atoms. The summed E-state index contributed by atoms with van der Waals surface area (Å²) in [7, 11) is 0. The van der Waals surface area contributed by atoms with Crippen molar-refractivity contribution in [2.75, 3.05) is 4.90 Å². The van der Waals surface area contributed by atoms with Crippen molar-refractivity contribution >= 4 is 23.3 Å². The number of anilines is 1. The van der Waals surface area contributed by atoms with Crippen LogP contribution in [0.2, 0.25) is 0 Å². The van der Waals surface area contributed by atoms with Gasteiger partial charge in [-0.05, 0) is 13.8 Å². The minimum atomic E-state index is -0.905. The Morgan fingerprint density at radius 2 is 2.00 bits per heavy atom. The Morgan fingerprint density at radius 3 is 2.42 bits per heavy atom. The molecule has 0 aromatic heterocycles. The van der Waals surface area contributed by atoms with E-state index in [1.807, 2.05) is 0 Å². The predicted molar refractivity (Wildman–Crippen MR) is 66.4 cm³/mol. The number of nitrogens with zero attached hydrogens (tertiary/aromatic N) is 2. The minimum Gasteiger partial charge on any atom is -0.323 e. The number of hydrogen-bond donors (Lipinski definition) is 1. The second-order valence-electron chi connectivity index (χ2n) is 4.66. The van der Waals surface area contributed by atoms with Gasteiger partial charge in [-0.25, -0.2) is 9.64 Å². The van der Waals surface area contributed by atoms with Gasteiger partial charge in [-0.1, -0.05) is 24.2 Å². The molecule has 1 aliphatic heterocycles. The summed E-state index contributed by atoms with van der Waals surface area (Å²) in [5.74, 6) is -0.321. The van der Waals surface area contributed by atoms with E-state index in [1.54, 1.807) is 32.9 Å². The van der Waals surface area contributed by atoms with Gasteiger partial charge in [0, 0.05) is 32.7 Å². The molecule has 0 aliphatic carbocycles. The van der Waals surface area contributed by atoms with Crippen molar-refractivity contribution in [2.45, 2.75) is 26.3 Å². The average Bonchev–Trinajstić information content (AvgIpc) is 2.48. The molecule has 5 nitrogen and oxygen atoms in total. The van der Waals surface area contributed by atoms with Crippen LogP contribution in [0.15, 0.2) is 12.1 Å². The molecule has 1 N–H and O–H groups in total. The zero-order valence-corrected chi connectivity index (χ0v) is 13.8. The topological polar surface area (TPSA) is 53.8 Å². The van der Waals surface area contributed by atoms with Crippen molar-refractivity contribution in [1.82, 2.24) is 5.32 Å². The van der Waals surface area contributed by atoms with Gasteiger partial charge in [0.15, 0.2) is 0 Å². The molecule has 1 aliphatic rings. The number of carbonyl (C=O) groups is 2. The van der Waals surface area contributed by atoms with Crippen LogP contribution in [-0.2, 0) is 37.5 Å². The van der Waals surface area contributed by atoms with Crippen molar-refractivity contribution in [3.63, 3.8) is 0 Å². The molecule has 6 heteroatoms. The summed E-state index contributed by atoms with van der Waals surface area (Å²) >= 11 is 0. The van der Waals surface area contributed by atoms with Crippen LogP contribution in [0.3, 0.4) is 0 Å². The predicted octanol–water partition coefficient (Wildman–Crippen LogP) is 2.18. The Balaban J connectivity index is 0.00000180. The molecule has 1 aromatic rings. The first-order chi connectivity index (χ1) is 8.36. The third-order valence-corrected chi connectivity index (χ3v) is 2.82. The molecule has 1 aromatic carbocycles. The molecule has 1 heterocycles. The SMILES string of the molecule is [C-]#[N+]c1ccc(N2C(=O)NC(C)(C)C2=O)[c-]c1C.[Y]. The summed E-state index contributed by atoms with van der Waals surface area (Å²) in [5.41, 5.74) is 0.544. The second kappa shape index (κ2) is 5.40. The monoisotopic (exact) mass is 331 g/mol. The Morgan fingerprint density at radius 1 is 1.37 bits per heavy atom. The quantitative estimate of drug-likeness (QED) is 0.633. The number of hydrogen-bond acceptors (Lipinski definition) is 2. The Bertz CT molecular complexity index is 590. The van der Waals surface area contributed by atoms with Crippen LogP contribution in [0.5, 0.6) is 0 Å². The molecule has 2 rings (SSSR count). The fourth-order valence-corrected chi connectivity index (χ4v) is 1.80. The number of aryl methyl sites for hydroxylation is 1. The fraction of sp³-hybridized carbons (Fsp3) is 0.308. The number of nitrogens with one attached hydrogen (secondary N) is 1. The number of rotatable bonds is 1. The Labute approximate surface area is 137 Å². The van der Waals surface area contributed by atoms with Crippen LogP contribution >= 0.6 is 0 Å². The number of amides is 3. The molecule has 1 radical (unpaired) electrons. The maximum absolute atomic E-state index is 12.1. The van der Waals surface area contributed by atoms with Gasteiger partial charge in [-0.15, -0.1) is 12.1 Å². The van der Waals surface area contributed by atoms with Gasteiger partial charge in [0.05, 0.1) is 0 Å². The van der Waals surface area contributed by atoms with Gasteiger partial charge in [0.2, 0.25) is 5.69 Å². The van der Waals surface area contributed by atoms with Crippen molar-refractivity contribution in [3.8, 4) is 0 Å². The molecule has 0 atom stereocenters. The van der Waals surface area contributed by atoms with E-state index < -0.39 is 11.6 Å². The second-order valence-corrected chi connectivity index (χ2v) is 4.66. The largest absolute Gasteiger partial charge is 0.327 e. The van der Waals surface area contributed by atoms with Gasteiger partial charge in [-0.2, -0.15) is 0 Å². The van der Waals surface area contributed by atoms with Gasteiger partial charge in [-0.3, -0.25) is 9.69 Å². The smallest absolute Gasteiger partial charge is 0.323 e. The summed E-state index contributed by atoms with van der Waals surface area (Å²) in [4.78, 5) is 28.2. The normalized spacial score (nSPS) is 16.6. The molecular formula is C13H12N3O2Y-. The van der Waals surface area contributed by atoms with Gasteiger partial charge in [0.1, 0.15) is 12.1 Å². The van der Waals surface area contributed by atoms with E-state index in [1.165, 1.54) is 0 Å². The van der Waals surface area contributed by atoms with Crippen molar-refractivity contribution in [3.05, 3.63) is 35.2 Å².